The van der Waals surface area contributed by atoms with Gasteiger partial charge < -0.3 is 5.73 Å². The largest absolute Gasteiger partial charge is 0.329 e. The van der Waals surface area contributed by atoms with Gasteiger partial charge in [0.25, 0.3) is 0 Å². The minimum atomic E-state index is 0.513. The molecular weight excluding hydrogens is 232 g/mol. The van der Waals surface area contributed by atoms with E-state index in [0.717, 1.165) is 19.0 Å². The molecule has 1 aliphatic rings. The summed E-state index contributed by atoms with van der Waals surface area (Å²) >= 11 is 0. The van der Waals surface area contributed by atoms with Crippen molar-refractivity contribution in [3.05, 3.63) is 35.9 Å². The summed E-state index contributed by atoms with van der Waals surface area (Å²) < 4.78 is 0. The molecule has 0 saturated carbocycles. The summed E-state index contributed by atoms with van der Waals surface area (Å²) in [5.41, 5.74) is 7.48. The van der Waals surface area contributed by atoms with Crippen LogP contribution < -0.4 is 5.73 Å². The molecule has 0 bridgehead atoms. The lowest BCUT2D eigenvalue weighted by Crippen LogP contribution is -2.50. The Kier molecular flexibility index (Phi) is 5.87. The van der Waals surface area contributed by atoms with Gasteiger partial charge in [-0.2, -0.15) is 0 Å². The number of hydrogen-bond donors (Lipinski definition) is 1. The van der Waals surface area contributed by atoms with Crippen LogP contribution in [0.3, 0.4) is 0 Å². The molecule has 2 rings (SSSR count). The van der Waals surface area contributed by atoms with Gasteiger partial charge in [-0.05, 0) is 37.8 Å². The molecule has 2 heteroatoms. The van der Waals surface area contributed by atoms with Gasteiger partial charge in [0.1, 0.15) is 0 Å². The number of benzene rings is 1. The quantitative estimate of drug-likeness (QED) is 0.851. The predicted octanol–water partition coefficient (Wildman–Crippen LogP) is 3.21. The summed E-state index contributed by atoms with van der Waals surface area (Å²) in [7, 11) is 0. The van der Waals surface area contributed by atoms with E-state index in [1.54, 1.807) is 0 Å². The Bertz CT molecular complexity index is 348. The summed E-state index contributed by atoms with van der Waals surface area (Å²) in [6.45, 7) is 4.30. The SMILES string of the molecule is CCCC1CCCCN1C(CN)Cc1ccccc1. The summed E-state index contributed by atoms with van der Waals surface area (Å²) in [6.07, 6.45) is 7.79. The summed E-state index contributed by atoms with van der Waals surface area (Å²) in [5.74, 6) is 0. The Hall–Kier alpha value is -0.860. The fourth-order valence-electron chi connectivity index (χ4n) is 3.37. The number of piperidine rings is 1. The third-order valence-electron chi connectivity index (χ3n) is 4.35. The van der Waals surface area contributed by atoms with Crippen LogP contribution in [0.5, 0.6) is 0 Å². The Balaban J connectivity index is 2.02. The maximum Gasteiger partial charge on any atom is 0.0261 e. The van der Waals surface area contributed by atoms with Crippen LogP contribution >= 0.6 is 0 Å². The highest BCUT2D eigenvalue weighted by Gasteiger charge is 2.27. The number of nitrogens with two attached hydrogens (primary N) is 1. The highest BCUT2D eigenvalue weighted by Crippen LogP contribution is 2.24. The number of nitrogens with zero attached hydrogens (tertiary/aromatic N) is 1. The second-order valence-electron chi connectivity index (χ2n) is 5.76. The lowest BCUT2D eigenvalue weighted by atomic mass is 9.94. The van der Waals surface area contributed by atoms with Crippen LogP contribution in [0.1, 0.15) is 44.6 Å². The number of rotatable bonds is 6. The fraction of sp³-hybridized carbons (Fsp3) is 0.647. The third-order valence-corrected chi connectivity index (χ3v) is 4.35. The Morgan fingerprint density at radius 2 is 2.05 bits per heavy atom. The van der Waals surface area contributed by atoms with Crippen molar-refractivity contribution in [3.8, 4) is 0 Å². The van der Waals surface area contributed by atoms with Gasteiger partial charge in [0, 0.05) is 18.6 Å². The van der Waals surface area contributed by atoms with E-state index < -0.39 is 0 Å². The highest BCUT2D eigenvalue weighted by atomic mass is 15.2. The van der Waals surface area contributed by atoms with E-state index in [4.69, 9.17) is 5.73 Å². The Labute approximate surface area is 118 Å². The molecule has 2 atom stereocenters. The standard InChI is InChI=1S/C17H28N2/c1-2-8-16-11-6-7-12-19(16)17(14-18)13-15-9-4-3-5-10-15/h3-5,9-10,16-17H,2,6-8,11-14,18H2,1H3. The molecule has 0 spiro atoms. The molecule has 1 aromatic carbocycles. The van der Waals surface area contributed by atoms with Gasteiger partial charge in [-0.15, -0.1) is 0 Å². The molecular formula is C17H28N2. The molecule has 19 heavy (non-hydrogen) atoms. The first-order valence-electron chi connectivity index (χ1n) is 7.85. The van der Waals surface area contributed by atoms with E-state index in [-0.39, 0.29) is 0 Å². The molecule has 1 aromatic rings. The molecule has 0 amide bonds. The van der Waals surface area contributed by atoms with Gasteiger partial charge in [0.15, 0.2) is 0 Å². The van der Waals surface area contributed by atoms with Gasteiger partial charge in [0.2, 0.25) is 0 Å². The van der Waals surface area contributed by atoms with Crippen LogP contribution in [-0.2, 0) is 6.42 Å². The van der Waals surface area contributed by atoms with Crippen LogP contribution in [0.4, 0.5) is 0 Å². The van der Waals surface area contributed by atoms with Crippen LogP contribution in [0.15, 0.2) is 30.3 Å². The Morgan fingerprint density at radius 3 is 2.74 bits per heavy atom. The van der Waals surface area contributed by atoms with E-state index in [1.165, 1.54) is 44.2 Å². The van der Waals surface area contributed by atoms with Crippen molar-refractivity contribution in [1.82, 2.24) is 4.90 Å². The zero-order valence-electron chi connectivity index (χ0n) is 12.2. The summed E-state index contributed by atoms with van der Waals surface area (Å²) in [5, 5.41) is 0. The average molecular weight is 260 g/mol. The number of likely N-dealkylation sites (tertiary alicyclic amines) is 1. The second kappa shape index (κ2) is 7.66. The third kappa shape index (κ3) is 4.05. The molecule has 0 aliphatic carbocycles. The van der Waals surface area contributed by atoms with Gasteiger partial charge in [-0.1, -0.05) is 50.1 Å². The second-order valence-corrected chi connectivity index (χ2v) is 5.76. The molecule has 2 unspecified atom stereocenters. The minimum absolute atomic E-state index is 0.513. The van der Waals surface area contributed by atoms with Gasteiger partial charge in [-0.3, -0.25) is 4.90 Å². The molecule has 106 valence electrons. The zero-order chi connectivity index (χ0) is 13.5. The van der Waals surface area contributed by atoms with Crippen LogP contribution in [0.2, 0.25) is 0 Å². The van der Waals surface area contributed by atoms with Gasteiger partial charge in [-0.25, -0.2) is 0 Å². The first-order chi connectivity index (χ1) is 9.35. The topological polar surface area (TPSA) is 29.3 Å². The molecule has 0 radical (unpaired) electrons. The number of hydrogen-bond acceptors (Lipinski definition) is 2. The van der Waals surface area contributed by atoms with E-state index in [2.05, 4.69) is 42.2 Å². The molecule has 2 nitrogen and oxygen atoms in total. The maximum absolute atomic E-state index is 6.07. The van der Waals surface area contributed by atoms with Gasteiger partial charge >= 0.3 is 0 Å². The Morgan fingerprint density at radius 1 is 1.26 bits per heavy atom. The monoisotopic (exact) mass is 260 g/mol. The van der Waals surface area contributed by atoms with Crippen LogP contribution in [-0.4, -0.2) is 30.1 Å². The smallest absolute Gasteiger partial charge is 0.0261 e. The van der Waals surface area contributed by atoms with Crippen molar-refractivity contribution in [3.63, 3.8) is 0 Å². The first-order valence-corrected chi connectivity index (χ1v) is 7.85. The maximum atomic E-state index is 6.07. The van der Waals surface area contributed by atoms with Gasteiger partial charge in [0.05, 0.1) is 0 Å². The van der Waals surface area contributed by atoms with Crippen LogP contribution in [0.25, 0.3) is 0 Å². The lowest BCUT2D eigenvalue weighted by Gasteiger charge is -2.41. The average Bonchev–Trinajstić information content (AvgIpc) is 2.47. The summed E-state index contributed by atoms with van der Waals surface area (Å²) in [4.78, 5) is 2.69. The van der Waals surface area contributed by atoms with E-state index in [0.29, 0.717) is 6.04 Å². The van der Waals surface area contributed by atoms with Crippen molar-refractivity contribution in [2.45, 2.75) is 57.5 Å². The van der Waals surface area contributed by atoms with Crippen molar-refractivity contribution in [1.29, 1.82) is 0 Å². The first kappa shape index (κ1) is 14.5. The normalized spacial score (nSPS) is 22.3. The zero-order valence-corrected chi connectivity index (χ0v) is 12.2. The van der Waals surface area contributed by atoms with E-state index in [1.807, 2.05) is 0 Å². The van der Waals surface area contributed by atoms with Crippen molar-refractivity contribution in [2.75, 3.05) is 13.1 Å². The molecule has 2 N–H and O–H groups in total. The van der Waals surface area contributed by atoms with Crippen molar-refractivity contribution < 1.29 is 0 Å². The molecule has 1 aliphatic heterocycles. The fourth-order valence-corrected chi connectivity index (χ4v) is 3.37. The van der Waals surface area contributed by atoms with Crippen molar-refractivity contribution >= 4 is 0 Å². The van der Waals surface area contributed by atoms with Crippen molar-refractivity contribution in [2.24, 2.45) is 5.73 Å². The van der Waals surface area contributed by atoms with E-state index >= 15 is 0 Å². The molecule has 1 heterocycles. The molecule has 1 saturated heterocycles. The lowest BCUT2D eigenvalue weighted by molar-refractivity contribution is 0.0913. The summed E-state index contributed by atoms with van der Waals surface area (Å²) in [6, 6.07) is 12.1. The molecule has 0 aromatic heterocycles. The minimum Gasteiger partial charge on any atom is -0.329 e. The van der Waals surface area contributed by atoms with Crippen LogP contribution in [0, 0.1) is 0 Å². The molecule has 1 fully saturated rings. The highest BCUT2D eigenvalue weighted by molar-refractivity contribution is 5.16. The predicted molar refractivity (Wildman–Crippen MR) is 82.2 cm³/mol. The van der Waals surface area contributed by atoms with E-state index in [9.17, 15) is 0 Å².